The number of pyridine rings is 2. The highest BCUT2D eigenvalue weighted by Gasteiger charge is 2.10. The summed E-state index contributed by atoms with van der Waals surface area (Å²) < 4.78 is 31.6. The van der Waals surface area contributed by atoms with Crippen LogP contribution < -0.4 is 10.2 Å². The summed E-state index contributed by atoms with van der Waals surface area (Å²) in [5.41, 5.74) is 5.46. The number of anilines is 2. The first-order chi connectivity index (χ1) is 22.2. The first-order valence-corrected chi connectivity index (χ1v) is 17.0. The van der Waals surface area contributed by atoms with Gasteiger partial charge in [0.1, 0.15) is 42.3 Å². The Balaban J connectivity index is 0.000000165. The van der Waals surface area contributed by atoms with E-state index in [1.807, 2.05) is 67.7 Å². The van der Waals surface area contributed by atoms with Crippen LogP contribution in [0.4, 0.5) is 11.6 Å². The minimum Gasteiger partial charge on any atom is -0.373 e. The number of thiazole rings is 2. The third kappa shape index (κ3) is 9.12. The molecule has 0 aliphatic rings. The van der Waals surface area contributed by atoms with E-state index < -0.39 is 10.4 Å². The standard InChI is InChI=1S/C20H17N3S.C13H11N3S.H2O4S/c1-23(14-15-8-4-2-5-9-15)18-13-12-17-20(22-18)24-19(21-17)16-10-6-3-7-11-16;1-14-11-8-7-10-13(16-11)17-12(15-10)9-5-3-2-4-6-9;1-5(2,3)4/h2-13H,14H2,1H3;2-8H,1H3,(H,14,16);(H2,1,2,3,4). The van der Waals surface area contributed by atoms with Crippen molar-refractivity contribution in [2.45, 2.75) is 6.54 Å². The molecule has 0 atom stereocenters. The number of nitrogens with one attached hydrogen (secondary N) is 1. The predicted molar refractivity (Wildman–Crippen MR) is 188 cm³/mol. The molecule has 13 heteroatoms. The van der Waals surface area contributed by atoms with Crippen molar-refractivity contribution in [1.29, 1.82) is 0 Å². The van der Waals surface area contributed by atoms with Gasteiger partial charge in [-0.15, -0.1) is 0 Å². The van der Waals surface area contributed by atoms with Gasteiger partial charge < -0.3 is 10.2 Å². The topological polar surface area (TPSA) is 141 Å². The molecule has 10 nitrogen and oxygen atoms in total. The number of rotatable bonds is 6. The first-order valence-electron chi connectivity index (χ1n) is 13.9. The van der Waals surface area contributed by atoms with Gasteiger partial charge in [0.2, 0.25) is 0 Å². The first kappa shape index (κ1) is 32.6. The van der Waals surface area contributed by atoms with Crippen molar-refractivity contribution < 1.29 is 17.5 Å². The van der Waals surface area contributed by atoms with Gasteiger partial charge in [-0.05, 0) is 29.8 Å². The molecule has 234 valence electrons. The Morgan fingerprint density at radius 2 is 1.11 bits per heavy atom. The van der Waals surface area contributed by atoms with Gasteiger partial charge >= 0.3 is 10.4 Å². The van der Waals surface area contributed by atoms with Crippen LogP contribution in [0.25, 0.3) is 41.8 Å². The second kappa shape index (κ2) is 15.0. The maximum atomic E-state index is 8.74. The molecule has 0 bridgehead atoms. The van der Waals surface area contributed by atoms with Gasteiger partial charge in [0.25, 0.3) is 0 Å². The lowest BCUT2D eigenvalue weighted by Gasteiger charge is -2.18. The molecule has 0 spiro atoms. The van der Waals surface area contributed by atoms with Crippen LogP contribution in [0.15, 0.2) is 115 Å². The highest BCUT2D eigenvalue weighted by molar-refractivity contribution is 7.79. The third-order valence-corrected chi connectivity index (χ3v) is 8.48. The van der Waals surface area contributed by atoms with Gasteiger partial charge in [-0.1, -0.05) is 114 Å². The highest BCUT2D eigenvalue weighted by atomic mass is 32.3. The summed E-state index contributed by atoms with van der Waals surface area (Å²) in [5.74, 6) is 1.84. The zero-order chi connectivity index (χ0) is 32.5. The fraction of sp³-hybridized carbons (Fsp3) is 0.0909. The van der Waals surface area contributed by atoms with Gasteiger partial charge in [0.05, 0.1) is 0 Å². The van der Waals surface area contributed by atoms with E-state index >= 15 is 0 Å². The molecule has 0 radical (unpaired) electrons. The molecule has 0 saturated heterocycles. The summed E-state index contributed by atoms with van der Waals surface area (Å²) >= 11 is 3.26. The van der Waals surface area contributed by atoms with Crippen molar-refractivity contribution >= 4 is 65.4 Å². The quantitative estimate of drug-likeness (QED) is 0.150. The summed E-state index contributed by atoms with van der Waals surface area (Å²) in [6, 6.07) is 38.9. The molecule has 0 saturated carbocycles. The minimum atomic E-state index is -4.67. The highest BCUT2D eigenvalue weighted by Crippen LogP contribution is 2.31. The van der Waals surface area contributed by atoms with E-state index in [0.717, 1.165) is 60.0 Å². The van der Waals surface area contributed by atoms with E-state index in [1.54, 1.807) is 22.7 Å². The van der Waals surface area contributed by atoms with Crippen molar-refractivity contribution in [3.8, 4) is 21.1 Å². The van der Waals surface area contributed by atoms with Gasteiger partial charge in [-0.2, -0.15) is 8.42 Å². The second-order valence-electron chi connectivity index (χ2n) is 9.82. The molecule has 3 N–H and O–H groups in total. The van der Waals surface area contributed by atoms with Crippen molar-refractivity contribution in [1.82, 2.24) is 19.9 Å². The fourth-order valence-corrected chi connectivity index (χ4v) is 6.20. The summed E-state index contributed by atoms with van der Waals surface area (Å²) in [7, 11) is -0.729. The Kier molecular flexibility index (Phi) is 10.6. The Labute approximate surface area is 274 Å². The van der Waals surface area contributed by atoms with E-state index in [-0.39, 0.29) is 0 Å². The molecule has 0 fully saturated rings. The number of benzene rings is 3. The van der Waals surface area contributed by atoms with Gasteiger partial charge in [-0.25, -0.2) is 19.9 Å². The van der Waals surface area contributed by atoms with Crippen LogP contribution in [0.3, 0.4) is 0 Å². The number of hydrogen-bond acceptors (Lipinski definition) is 10. The van der Waals surface area contributed by atoms with Crippen molar-refractivity contribution in [2.75, 3.05) is 24.3 Å². The van der Waals surface area contributed by atoms with Gasteiger partial charge in [0.15, 0.2) is 0 Å². The zero-order valence-corrected chi connectivity index (χ0v) is 27.3. The maximum absolute atomic E-state index is 8.74. The predicted octanol–water partition coefficient (Wildman–Crippen LogP) is 7.74. The Morgan fingerprint density at radius 3 is 1.61 bits per heavy atom. The minimum absolute atomic E-state index is 0.837. The average molecular weight is 671 g/mol. The SMILES string of the molecule is CN(Cc1ccccc1)c1ccc2nc(-c3ccccc3)sc2n1.CNc1ccc2nc(-c3ccccc3)sc2n1.O=S(=O)(O)O. The van der Waals surface area contributed by atoms with E-state index in [1.165, 1.54) is 5.56 Å². The Hall–Kier alpha value is -4.79. The van der Waals surface area contributed by atoms with Gasteiger partial charge in [-0.3, -0.25) is 9.11 Å². The lowest BCUT2D eigenvalue weighted by Crippen LogP contribution is -2.17. The molecular formula is C33H30N6O4S3. The number of hydrogen-bond donors (Lipinski definition) is 3. The van der Waals surface area contributed by atoms with Crippen LogP contribution in [0.1, 0.15) is 5.56 Å². The molecule has 7 aromatic rings. The van der Waals surface area contributed by atoms with Crippen molar-refractivity contribution in [3.05, 3.63) is 121 Å². The Bertz CT molecular complexity index is 2120. The monoisotopic (exact) mass is 670 g/mol. The summed E-state index contributed by atoms with van der Waals surface area (Å²) in [6.07, 6.45) is 0. The van der Waals surface area contributed by atoms with Crippen LogP contribution in [-0.4, -0.2) is 51.6 Å². The van der Waals surface area contributed by atoms with Gasteiger partial charge in [0, 0.05) is 31.8 Å². The number of fused-ring (bicyclic) bond motifs is 2. The summed E-state index contributed by atoms with van der Waals surface area (Å²) in [4.78, 5) is 22.7. The summed E-state index contributed by atoms with van der Waals surface area (Å²) in [5, 5.41) is 5.07. The number of nitrogens with zero attached hydrogens (tertiary/aromatic N) is 5. The number of aromatic nitrogens is 4. The molecule has 0 aliphatic heterocycles. The average Bonchev–Trinajstić information content (AvgIpc) is 3.69. The van der Waals surface area contributed by atoms with Crippen molar-refractivity contribution in [3.63, 3.8) is 0 Å². The normalized spacial score (nSPS) is 10.9. The molecular weight excluding hydrogens is 641 g/mol. The lowest BCUT2D eigenvalue weighted by molar-refractivity contribution is 0.381. The van der Waals surface area contributed by atoms with E-state index in [2.05, 4.69) is 81.8 Å². The van der Waals surface area contributed by atoms with E-state index in [9.17, 15) is 0 Å². The van der Waals surface area contributed by atoms with Crippen LogP contribution in [-0.2, 0) is 16.9 Å². The molecule has 0 unspecified atom stereocenters. The molecule has 7 rings (SSSR count). The fourth-order valence-electron chi connectivity index (χ4n) is 4.32. The second-order valence-corrected chi connectivity index (χ2v) is 12.7. The van der Waals surface area contributed by atoms with Crippen LogP contribution in [0.5, 0.6) is 0 Å². The molecule has 0 amide bonds. The lowest BCUT2D eigenvalue weighted by atomic mass is 10.2. The largest absolute Gasteiger partial charge is 0.394 e. The molecule has 4 aromatic heterocycles. The van der Waals surface area contributed by atoms with E-state index in [0.29, 0.717) is 0 Å². The van der Waals surface area contributed by atoms with Crippen molar-refractivity contribution in [2.24, 2.45) is 0 Å². The van der Waals surface area contributed by atoms with Crippen LogP contribution >= 0.6 is 22.7 Å². The summed E-state index contributed by atoms with van der Waals surface area (Å²) in [6.45, 7) is 0.837. The van der Waals surface area contributed by atoms with Crippen LogP contribution in [0, 0.1) is 0 Å². The molecule has 0 aliphatic carbocycles. The maximum Gasteiger partial charge on any atom is 0.394 e. The zero-order valence-electron chi connectivity index (χ0n) is 24.8. The molecule has 46 heavy (non-hydrogen) atoms. The third-order valence-electron chi connectivity index (χ3n) is 6.45. The van der Waals surface area contributed by atoms with Crippen LogP contribution in [0.2, 0.25) is 0 Å². The Morgan fingerprint density at radius 1 is 0.652 bits per heavy atom. The van der Waals surface area contributed by atoms with E-state index in [4.69, 9.17) is 27.5 Å². The molecule has 3 aromatic carbocycles. The molecule has 4 heterocycles. The smallest absolute Gasteiger partial charge is 0.373 e.